The molecule has 0 spiro atoms. The molecule has 1 aromatic heterocycles. The monoisotopic (exact) mass is 286 g/mol. The van der Waals surface area contributed by atoms with Gasteiger partial charge in [0.1, 0.15) is 12.3 Å². The SMILES string of the molecule is CC1(C)C(CNC(=O)c2ccc(C#CCO)cn2)C1(C)C. The topological polar surface area (TPSA) is 62.2 Å². The summed E-state index contributed by atoms with van der Waals surface area (Å²) in [5.41, 5.74) is 1.60. The van der Waals surface area contributed by atoms with Crippen molar-refractivity contribution < 1.29 is 9.90 Å². The van der Waals surface area contributed by atoms with Gasteiger partial charge in [0.05, 0.1) is 0 Å². The maximum absolute atomic E-state index is 12.1. The molecule has 0 aliphatic heterocycles. The predicted molar refractivity (Wildman–Crippen MR) is 81.6 cm³/mol. The highest BCUT2D eigenvalue weighted by Gasteiger charge is 2.64. The number of nitrogens with one attached hydrogen (secondary N) is 1. The van der Waals surface area contributed by atoms with Gasteiger partial charge in [0.2, 0.25) is 0 Å². The van der Waals surface area contributed by atoms with Gasteiger partial charge in [-0.3, -0.25) is 4.79 Å². The largest absolute Gasteiger partial charge is 0.384 e. The summed E-state index contributed by atoms with van der Waals surface area (Å²) in [6.45, 7) is 9.42. The summed E-state index contributed by atoms with van der Waals surface area (Å²) in [6.07, 6.45) is 1.54. The lowest BCUT2D eigenvalue weighted by Gasteiger charge is -2.06. The van der Waals surface area contributed by atoms with Crippen LogP contribution in [0.25, 0.3) is 0 Å². The first-order valence-electron chi connectivity index (χ1n) is 7.14. The summed E-state index contributed by atoms with van der Waals surface area (Å²) in [6, 6.07) is 3.38. The molecule has 0 unspecified atom stereocenters. The molecule has 2 N–H and O–H groups in total. The number of rotatable bonds is 3. The number of pyridine rings is 1. The van der Waals surface area contributed by atoms with Crippen molar-refractivity contribution in [2.45, 2.75) is 27.7 Å². The van der Waals surface area contributed by atoms with E-state index in [2.05, 4.69) is 49.8 Å². The van der Waals surface area contributed by atoms with Gasteiger partial charge in [-0.05, 0) is 28.9 Å². The van der Waals surface area contributed by atoms with E-state index in [-0.39, 0.29) is 23.3 Å². The van der Waals surface area contributed by atoms with E-state index in [4.69, 9.17) is 5.11 Å². The quantitative estimate of drug-likeness (QED) is 0.833. The van der Waals surface area contributed by atoms with Gasteiger partial charge < -0.3 is 10.4 Å². The van der Waals surface area contributed by atoms with Gasteiger partial charge in [-0.1, -0.05) is 39.5 Å². The average Bonchev–Trinajstić information content (AvgIpc) is 2.84. The third-order valence-corrected chi connectivity index (χ3v) is 5.09. The highest BCUT2D eigenvalue weighted by molar-refractivity contribution is 5.92. The molecular weight excluding hydrogens is 264 g/mol. The second-order valence-electron chi connectivity index (χ2n) is 6.60. The molecule has 1 aliphatic carbocycles. The summed E-state index contributed by atoms with van der Waals surface area (Å²) < 4.78 is 0. The zero-order valence-electron chi connectivity index (χ0n) is 13.0. The fourth-order valence-electron chi connectivity index (χ4n) is 2.87. The van der Waals surface area contributed by atoms with E-state index < -0.39 is 0 Å². The Morgan fingerprint density at radius 2 is 2.00 bits per heavy atom. The van der Waals surface area contributed by atoms with Crippen molar-refractivity contribution in [2.24, 2.45) is 16.7 Å². The Morgan fingerprint density at radius 1 is 1.33 bits per heavy atom. The number of aromatic nitrogens is 1. The maximum atomic E-state index is 12.1. The van der Waals surface area contributed by atoms with E-state index in [1.54, 1.807) is 18.3 Å². The first kappa shape index (κ1) is 15.5. The lowest BCUT2D eigenvalue weighted by atomic mass is 10.0. The van der Waals surface area contributed by atoms with Crippen LogP contribution in [0.15, 0.2) is 18.3 Å². The number of carbonyl (C=O) groups excluding carboxylic acids is 1. The summed E-state index contributed by atoms with van der Waals surface area (Å²) >= 11 is 0. The van der Waals surface area contributed by atoms with E-state index in [1.165, 1.54) is 0 Å². The van der Waals surface area contributed by atoms with Gasteiger partial charge in [-0.15, -0.1) is 0 Å². The van der Waals surface area contributed by atoms with Crippen LogP contribution in [0.2, 0.25) is 0 Å². The molecule has 1 aromatic rings. The Kier molecular flexibility index (Phi) is 4.06. The van der Waals surface area contributed by atoms with Crippen molar-refractivity contribution in [1.29, 1.82) is 0 Å². The molecule has 0 aromatic carbocycles. The fourth-order valence-corrected chi connectivity index (χ4v) is 2.87. The van der Waals surface area contributed by atoms with Crippen LogP contribution in [0.1, 0.15) is 43.7 Å². The molecule has 1 aliphatic rings. The van der Waals surface area contributed by atoms with Gasteiger partial charge in [0.25, 0.3) is 5.91 Å². The minimum absolute atomic E-state index is 0.157. The van der Waals surface area contributed by atoms with Gasteiger partial charge in [-0.25, -0.2) is 4.98 Å². The average molecular weight is 286 g/mol. The van der Waals surface area contributed by atoms with Crippen molar-refractivity contribution in [2.75, 3.05) is 13.2 Å². The van der Waals surface area contributed by atoms with Crippen molar-refractivity contribution in [1.82, 2.24) is 10.3 Å². The Balaban J connectivity index is 1.93. The van der Waals surface area contributed by atoms with Crippen LogP contribution in [0.3, 0.4) is 0 Å². The molecule has 1 saturated carbocycles. The molecule has 0 saturated heterocycles. The summed E-state index contributed by atoms with van der Waals surface area (Å²) in [5, 5.41) is 11.6. The number of hydrogen-bond donors (Lipinski definition) is 2. The van der Waals surface area contributed by atoms with Gasteiger partial charge >= 0.3 is 0 Å². The standard InChI is InChI=1S/C17H22N2O2/c1-16(2)14(17(16,3)4)11-19-15(21)13-8-7-12(10-18-13)6-5-9-20/h7-8,10,14,20H,9,11H2,1-4H3,(H,19,21). The third kappa shape index (κ3) is 2.93. The maximum Gasteiger partial charge on any atom is 0.269 e. The van der Waals surface area contributed by atoms with Crippen LogP contribution in [0.4, 0.5) is 0 Å². The van der Waals surface area contributed by atoms with Crippen molar-refractivity contribution in [3.8, 4) is 11.8 Å². The highest BCUT2D eigenvalue weighted by Crippen LogP contribution is 2.67. The number of aliphatic hydroxyl groups excluding tert-OH is 1. The van der Waals surface area contributed by atoms with Crippen LogP contribution >= 0.6 is 0 Å². The molecule has 0 atom stereocenters. The first-order chi connectivity index (χ1) is 9.80. The van der Waals surface area contributed by atoms with E-state index in [0.717, 1.165) is 0 Å². The molecule has 0 radical (unpaired) electrons. The molecule has 112 valence electrons. The van der Waals surface area contributed by atoms with Gasteiger partial charge in [0.15, 0.2) is 0 Å². The second kappa shape index (κ2) is 5.50. The minimum Gasteiger partial charge on any atom is -0.384 e. The first-order valence-corrected chi connectivity index (χ1v) is 7.14. The highest BCUT2D eigenvalue weighted by atomic mass is 16.2. The van der Waals surface area contributed by atoms with Gasteiger partial charge in [-0.2, -0.15) is 0 Å². The summed E-state index contributed by atoms with van der Waals surface area (Å²) in [4.78, 5) is 16.2. The zero-order chi connectivity index (χ0) is 15.7. The number of aliphatic hydroxyl groups is 1. The summed E-state index contributed by atoms with van der Waals surface area (Å²) in [5.74, 6) is 5.62. The summed E-state index contributed by atoms with van der Waals surface area (Å²) in [7, 11) is 0. The lowest BCUT2D eigenvalue weighted by Crippen LogP contribution is -2.27. The minimum atomic E-state index is -0.185. The fraction of sp³-hybridized carbons (Fsp3) is 0.529. The zero-order valence-corrected chi connectivity index (χ0v) is 13.0. The smallest absolute Gasteiger partial charge is 0.269 e. The normalized spacial score (nSPS) is 18.5. The molecule has 1 heterocycles. The Hall–Kier alpha value is -1.86. The molecule has 1 fully saturated rings. The molecule has 21 heavy (non-hydrogen) atoms. The van der Waals surface area contributed by atoms with Crippen LogP contribution in [0.5, 0.6) is 0 Å². The van der Waals surface area contributed by atoms with Crippen LogP contribution in [0, 0.1) is 28.6 Å². The number of amides is 1. The van der Waals surface area contributed by atoms with E-state index in [0.29, 0.717) is 23.7 Å². The molecular formula is C17H22N2O2. The Morgan fingerprint density at radius 3 is 2.48 bits per heavy atom. The van der Waals surface area contributed by atoms with E-state index in [1.807, 2.05) is 0 Å². The van der Waals surface area contributed by atoms with Crippen molar-refractivity contribution in [3.63, 3.8) is 0 Å². The predicted octanol–water partition coefficient (Wildman–Crippen LogP) is 1.84. The lowest BCUT2D eigenvalue weighted by molar-refractivity contribution is 0.0945. The van der Waals surface area contributed by atoms with E-state index >= 15 is 0 Å². The van der Waals surface area contributed by atoms with Crippen LogP contribution in [-0.4, -0.2) is 29.1 Å². The van der Waals surface area contributed by atoms with Crippen LogP contribution in [-0.2, 0) is 0 Å². The Bertz CT molecular complexity index is 577. The molecule has 1 amide bonds. The molecule has 2 rings (SSSR count). The molecule has 0 bridgehead atoms. The van der Waals surface area contributed by atoms with Crippen LogP contribution < -0.4 is 5.32 Å². The number of nitrogens with zero attached hydrogens (tertiary/aromatic N) is 1. The second-order valence-corrected chi connectivity index (χ2v) is 6.60. The Labute approximate surface area is 126 Å². The third-order valence-electron chi connectivity index (χ3n) is 5.09. The molecule has 4 heteroatoms. The molecule has 4 nitrogen and oxygen atoms in total. The van der Waals surface area contributed by atoms with Crippen molar-refractivity contribution >= 4 is 5.91 Å². The number of hydrogen-bond acceptors (Lipinski definition) is 3. The van der Waals surface area contributed by atoms with Gasteiger partial charge in [0, 0.05) is 18.3 Å². The van der Waals surface area contributed by atoms with Crippen molar-refractivity contribution in [3.05, 3.63) is 29.6 Å². The van der Waals surface area contributed by atoms with E-state index in [9.17, 15) is 4.79 Å². The number of carbonyl (C=O) groups is 1.